The summed E-state index contributed by atoms with van der Waals surface area (Å²) in [6.45, 7) is 7.49. The summed E-state index contributed by atoms with van der Waals surface area (Å²) in [6.07, 6.45) is 5.95. The minimum absolute atomic E-state index is 0.155. The maximum Gasteiger partial charge on any atom is 0.231 e. The number of anilines is 1. The van der Waals surface area contributed by atoms with Gasteiger partial charge in [-0.05, 0) is 37.1 Å². The number of hydrogen-bond acceptors (Lipinski definition) is 6. The topological polar surface area (TPSA) is 67.8 Å². The van der Waals surface area contributed by atoms with Crippen molar-refractivity contribution in [3.8, 4) is 22.8 Å². The summed E-state index contributed by atoms with van der Waals surface area (Å²) in [7, 11) is 0. The molecule has 1 aromatic carbocycles. The van der Waals surface area contributed by atoms with Gasteiger partial charge < -0.3 is 19.3 Å². The minimum Gasteiger partial charge on any atom is -0.454 e. The highest BCUT2D eigenvalue weighted by atomic mass is 16.7. The number of fused-ring (bicyclic) bond motifs is 1. The van der Waals surface area contributed by atoms with Crippen LogP contribution in [0.1, 0.15) is 39.5 Å². The molecule has 7 heteroatoms. The van der Waals surface area contributed by atoms with Crippen LogP contribution in [0.15, 0.2) is 30.5 Å². The van der Waals surface area contributed by atoms with Crippen molar-refractivity contribution < 1.29 is 14.3 Å². The van der Waals surface area contributed by atoms with Crippen molar-refractivity contribution in [1.29, 1.82) is 0 Å². The van der Waals surface area contributed by atoms with Gasteiger partial charge in [0, 0.05) is 43.9 Å². The third kappa shape index (κ3) is 4.35. The molecule has 1 aromatic heterocycles. The molecule has 7 nitrogen and oxygen atoms in total. The molecule has 0 spiro atoms. The van der Waals surface area contributed by atoms with Crippen molar-refractivity contribution in [2.24, 2.45) is 5.92 Å². The number of aromatic nitrogens is 2. The molecule has 2 aromatic rings. The van der Waals surface area contributed by atoms with Crippen LogP contribution in [-0.2, 0) is 4.79 Å². The SMILES string of the molecule is CCCCC(CC)C(=O)N1CCN(c2nccc(-c3ccc4c(c3)OCO4)n2)CC1. The third-order valence-electron chi connectivity index (χ3n) is 5.93. The second-order valence-corrected chi connectivity index (χ2v) is 7.87. The Hall–Kier alpha value is -2.83. The van der Waals surface area contributed by atoms with Gasteiger partial charge in [-0.1, -0.05) is 26.7 Å². The highest BCUT2D eigenvalue weighted by Crippen LogP contribution is 2.35. The van der Waals surface area contributed by atoms with E-state index in [2.05, 4.69) is 23.7 Å². The summed E-state index contributed by atoms with van der Waals surface area (Å²) < 4.78 is 10.9. The fourth-order valence-corrected chi connectivity index (χ4v) is 4.06. The number of amides is 1. The van der Waals surface area contributed by atoms with E-state index in [1.807, 2.05) is 29.2 Å². The van der Waals surface area contributed by atoms with E-state index in [0.29, 0.717) is 11.9 Å². The molecule has 1 amide bonds. The zero-order valence-electron chi connectivity index (χ0n) is 17.8. The lowest BCUT2D eigenvalue weighted by molar-refractivity contribution is -0.136. The van der Waals surface area contributed by atoms with E-state index in [1.165, 1.54) is 0 Å². The molecule has 2 aliphatic heterocycles. The molecule has 0 aliphatic carbocycles. The Labute approximate surface area is 178 Å². The van der Waals surface area contributed by atoms with Crippen molar-refractivity contribution in [2.45, 2.75) is 39.5 Å². The Bertz CT molecular complexity index is 881. The lowest BCUT2D eigenvalue weighted by atomic mass is 9.97. The summed E-state index contributed by atoms with van der Waals surface area (Å²) in [5.74, 6) is 2.67. The minimum atomic E-state index is 0.155. The maximum atomic E-state index is 12.9. The molecule has 1 fully saturated rings. The standard InChI is InChI=1S/C23H30N4O3/c1-3-5-6-17(4-2)22(28)26-11-13-27(14-12-26)23-24-10-9-19(25-23)18-7-8-20-21(15-18)30-16-29-20/h7-10,15,17H,3-6,11-14,16H2,1-2H3. The van der Waals surface area contributed by atoms with E-state index in [1.54, 1.807) is 6.20 Å². The molecular formula is C23H30N4O3. The van der Waals surface area contributed by atoms with Gasteiger partial charge >= 0.3 is 0 Å². The molecule has 0 saturated carbocycles. The van der Waals surface area contributed by atoms with E-state index < -0.39 is 0 Å². The number of unbranched alkanes of at least 4 members (excludes halogenated alkanes) is 1. The fourth-order valence-electron chi connectivity index (χ4n) is 4.06. The summed E-state index contributed by atoms with van der Waals surface area (Å²) in [6, 6.07) is 7.75. The van der Waals surface area contributed by atoms with Crippen LogP contribution in [0.4, 0.5) is 5.95 Å². The highest BCUT2D eigenvalue weighted by molar-refractivity contribution is 5.79. The Morgan fingerprint density at radius 3 is 2.67 bits per heavy atom. The van der Waals surface area contributed by atoms with E-state index in [9.17, 15) is 4.79 Å². The molecule has 30 heavy (non-hydrogen) atoms. The van der Waals surface area contributed by atoms with Gasteiger partial charge in [0.25, 0.3) is 0 Å². The van der Waals surface area contributed by atoms with Crippen LogP contribution in [0.5, 0.6) is 11.5 Å². The number of benzene rings is 1. The van der Waals surface area contributed by atoms with Crippen molar-refractivity contribution in [1.82, 2.24) is 14.9 Å². The average Bonchev–Trinajstić information content (AvgIpc) is 3.27. The zero-order chi connectivity index (χ0) is 20.9. The van der Waals surface area contributed by atoms with Gasteiger partial charge in [0.2, 0.25) is 18.6 Å². The van der Waals surface area contributed by atoms with Gasteiger partial charge in [0.05, 0.1) is 5.69 Å². The number of nitrogens with zero attached hydrogens (tertiary/aromatic N) is 4. The van der Waals surface area contributed by atoms with Gasteiger partial charge in [-0.15, -0.1) is 0 Å². The molecule has 160 valence electrons. The molecule has 0 bridgehead atoms. The molecule has 3 heterocycles. The first-order valence-corrected chi connectivity index (χ1v) is 11.0. The van der Waals surface area contributed by atoms with Gasteiger partial charge in [0.15, 0.2) is 11.5 Å². The first kappa shape index (κ1) is 20.4. The lowest BCUT2D eigenvalue weighted by Crippen LogP contribution is -2.50. The van der Waals surface area contributed by atoms with Crippen LogP contribution >= 0.6 is 0 Å². The number of hydrogen-bond donors (Lipinski definition) is 0. The van der Waals surface area contributed by atoms with E-state index in [4.69, 9.17) is 14.5 Å². The van der Waals surface area contributed by atoms with Gasteiger partial charge in [-0.2, -0.15) is 0 Å². The van der Waals surface area contributed by atoms with Gasteiger partial charge in [-0.25, -0.2) is 9.97 Å². The average molecular weight is 411 g/mol. The van der Waals surface area contributed by atoms with Crippen LogP contribution in [0.3, 0.4) is 0 Å². The van der Waals surface area contributed by atoms with E-state index >= 15 is 0 Å². The van der Waals surface area contributed by atoms with Gasteiger partial charge in [0.1, 0.15) is 0 Å². The van der Waals surface area contributed by atoms with Crippen LogP contribution < -0.4 is 14.4 Å². The number of carbonyl (C=O) groups is 1. The first-order valence-electron chi connectivity index (χ1n) is 11.0. The summed E-state index contributed by atoms with van der Waals surface area (Å²) in [5.41, 5.74) is 1.82. The third-order valence-corrected chi connectivity index (χ3v) is 5.93. The second kappa shape index (κ2) is 9.32. The summed E-state index contributed by atoms with van der Waals surface area (Å²) in [4.78, 5) is 26.3. The van der Waals surface area contributed by atoms with Crippen molar-refractivity contribution in [3.63, 3.8) is 0 Å². The molecule has 0 N–H and O–H groups in total. The molecule has 2 aliphatic rings. The van der Waals surface area contributed by atoms with E-state index in [-0.39, 0.29) is 12.7 Å². The normalized spacial score (nSPS) is 16.6. The van der Waals surface area contributed by atoms with Gasteiger partial charge in [-0.3, -0.25) is 4.79 Å². The fraction of sp³-hybridized carbons (Fsp3) is 0.522. The number of rotatable bonds is 7. The van der Waals surface area contributed by atoms with Crippen LogP contribution in [0.25, 0.3) is 11.3 Å². The van der Waals surface area contributed by atoms with Crippen molar-refractivity contribution in [3.05, 3.63) is 30.5 Å². The van der Waals surface area contributed by atoms with Crippen LogP contribution in [0, 0.1) is 5.92 Å². The largest absolute Gasteiger partial charge is 0.454 e. The number of piperazine rings is 1. The molecule has 4 rings (SSSR count). The predicted octanol–water partition coefficient (Wildman–Crippen LogP) is 3.74. The zero-order valence-corrected chi connectivity index (χ0v) is 17.8. The maximum absolute atomic E-state index is 12.9. The highest BCUT2D eigenvalue weighted by Gasteiger charge is 2.27. The molecule has 1 saturated heterocycles. The Morgan fingerprint density at radius 1 is 1.10 bits per heavy atom. The molecule has 1 atom stereocenters. The monoisotopic (exact) mass is 410 g/mol. The molecule has 0 radical (unpaired) electrons. The van der Waals surface area contributed by atoms with Crippen LogP contribution in [0.2, 0.25) is 0 Å². The summed E-state index contributed by atoms with van der Waals surface area (Å²) >= 11 is 0. The first-order chi connectivity index (χ1) is 14.7. The Morgan fingerprint density at radius 2 is 1.90 bits per heavy atom. The Balaban J connectivity index is 1.40. The lowest BCUT2D eigenvalue weighted by Gasteiger charge is -2.36. The van der Waals surface area contributed by atoms with Crippen LogP contribution in [-0.4, -0.2) is 53.7 Å². The van der Waals surface area contributed by atoms with Crippen molar-refractivity contribution in [2.75, 3.05) is 37.9 Å². The quantitative estimate of drug-likeness (QED) is 0.693. The van der Waals surface area contributed by atoms with E-state index in [0.717, 1.165) is 74.6 Å². The van der Waals surface area contributed by atoms with Crippen molar-refractivity contribution >= 4 is 11.9 Å². The predicted molar refractivity (Wildman–Crippen MR) is 116 cm³/mol. The number of ether oxygens (including phenoxy) is 2. The second-order valence-electron chi connectivity index (χ2n) is 7.87. The Kier molecular flexibility index (Phi) is 6.35. The number of carbonyl (C=O) groups excluding carboxylic acids is 1. The smallest absolute Gasteiger partial charge is 0.231 e. The molecular weight excluding hydrogens is 380 g/mol. The molecule has 1 unspecified atom stereocenters. The summed E-state index contributed by atoms with van der Waals surface area (Å²) in [5, 5.41) is 0.